The Morgan fingerprint density at radius 2 is 2.12 bits per heavy atom. The first kappa shape index (κ1) is 17.5. The summed E-state index contributed by atoms with van der Waals surface area (Å²) in [6.45, 7) is 10.0. The van der Waals surface area contributed by atoms with E-state index in [1.807, 2.05) is 38.4 Å². The molecular formula is C19H26N4O2. The fraction of sp³-hybridized carbons (Fsp3) is 0.526. The lowest BCUT2D eigenvalue weighted by Gasteiger charge is -2.22. The van der Waals surface area contributed by atoms with Crippen molar-refractivity contribution >= 4 is 11.6 Å². The molecule has 0 spiro atoms. The number of pyridine rings is 1. The molecule has 134 valence electrons. The highest BCUT2D eigenvalue weighted by Crippen LogP contribution is 2.39. The Bertz CT molecular complexity index is 772. The van der Waals surface area contributed by atoms with Crippen LogP contribution in [0.15, 0.2) is 24.5 Å². The van der Waals surface area contributed by atoms with E-state index < -0.39 is 0 Å². The second-order valence-electron chi connectivity index (χ2n) is 7.73. The lowest BCUT2D eigenvalue weighted by molar-refractivity contribution is 0.101. The van der Waals surface area contributed by atoms with Crippen LogP contribution < -0.4 is 10.1 Å². The number of carbonyl (C=O) groups is 1. The highest BCUT2D eigenvalue weighted by molar-refractivity contribution is 6.03. The first-order chi connectivity index (χ1) is 11.7. The van der Waals surface area contributed by atoms with Crippen LogP contribution in [0.3, 0.4) is 0 Å². The summed E-state index contributed by atoms with van der Waals surface area (Å²) in [5.41, 5.74) is 1.60. The molecule has 25 heavy (non-hydrogen) atoms. The maximum Gasteiger partial charge on any atom is 0.276 e. The summed E-state index contributed by atoms with van der Waals surface area (Å²) < 4.78 is 7.86. The number of aromatic nitrogens is 3. The van der Waals surface area contributed by atoms with Crippen LogP contribution in [0.1, 0.15) is 62.8 Å². The maximum absolute atomic E-state index is 12.6. The molecule has 1 unspecified atom stereocenters. The molecule has 1 N–H and O–H groups in total. The van der Waals surface area contributed by atoms with Gasteiger partial charge in [-0.2, -0.15) is 5.10 Å². The smallest absolute Gasteiger partial charge is 0.276 e. The Kier molecular flexibility index (Phi) is 4.54. The topological polar surface area (TPSA) is 69.0 Å². The Balaban J connectivity index is 1.78. The molecule has 1 aliphatic carbocycles. The minimum absolute atomic E-state index is 0.253. The van der Waals surface area contributed by atoms with Crippen LogP contribution in [-0.2, 0) is 0 Å². The van der Waals surface area contributed by atoms with Crippen LogP contribution in [0.25, 0.3) is 0 Å². The average Bonchev–Trinajstić information content (AvgIpc) is 3.29. The van der Waals surface area contributed by atoms with E-state index in [4.69, 9.17) is 4.74 Å². The quantitative estimate of drug-likeness (QED) is 0.892. The Hall–Kier alpha value is -2.37. The standard InChI is InChI=1S/C19H26N4O2/c1-12-10-15(22-23(12)13(2)14-6-7-14)18(24)21-16-11-20-9-8-17(16)25-19(3,4)5/h8-11,13-14H,6-7H2,1-5H3,(H,21,24). The van der Waals surface area contributed by atoms with Crippen molar-refractivity contribution in [2.45, 2.75) is 59.1 Å². The predicted molar refractivity (Wildman–Crippen MR) is 97.0 cm³/mol. The Morgan fingerprint density at radius 3 is 2.76 bits per heavy atom. The van der Waals surface area contributed by atoms with E-state index in [9.17, 15) is 4.79 Å². The van der Waals surface area contributed by atoms with E-state index in [0.717, 1.165) is 5.69 Å². The number of amides is 1. The van der Waals surface area contributed by atoms with Crippen LogP contribution in [0, 0.1) is 12.8 Å². The second-order valence-corrected chi connectivity index (χ2v) is 7.73. The van der Waals surface area contributed by atoms with Gasteiger partial charge in [-0.25, -0.2) is 0 Å². The summed E-state index contributed by atoms with van der Waals surface area (Å²) in [5, 5.41) is 7.39. The third kappa shape index (κ3) is 4.18. The number of nitrogens with one attached hydrogen (secondary N) is 1. The van der Waals surface area contributed by atoms with Gasteiger partial charge in [0.25, 0.3) is 5.91 Å². The lowest BCUT2D eigenvalue weighted by atomic mass is 10.2. The van der Waals surface area contributed by atoms with Gasteiger partial charge in [-0.05, 0) is 59.4 Å². The monoisotopic (exact) mass is 342 g/mol. The summed E-state index contributed by atoms with van der Waals surface area (Å²) in [5.74, 6) is 1.02. The number of nitrogens with zero attached hydrogens (tertiary/aromatic N) is 3. The number of rotatable bonds is 5. The number of anilines is 1. The summed E-state index contributed by atoms with van der Waals surface area (Å²) in [7, 11) is 0. The van der Waals surface area contributed by atoms with Crippen molar-refractivity contribution in [3.63, 3.8) is 0 Å². The fourth-order valence-electron chi connectivity index (χ4n) is 2.87. The molecule has 0 aromatic carbocycles. The molecule has 1 atom stereocenters. The van der Waals surface area contributed by atoms with Crippen LogP contribution in [0.5, 0.6) is 5.75 Å². The summed E-state index contributed by atoms with van der Waals surface area (Å²) in [4.78, 5) is 16.7. The van der Waals surface area contributed by atoms with Gasteiger partial charge in [0, 0.05) is 18.0 Å². The lowest BCUT2D eigenvalue weighted by Crippen LogP contribution is -2.24. The normalized spacial score (nSPS) is 15.7. The van der Waals surface area contributed by atoms with Crippen molar-refractivity contribution in [1.82, 2.24) is 14.8 Å². The minimum atomic E-state index is -0.362. The molecule has 2 aromatic heterocycles. The zero-order valence-corrected chi connectivity index (χ0v) is 15.5. The van der Waals surface area contributed by atoms with Gasteiger partial charge in [0.05, 0.1) is 12.2 Å². The molecule has 1 fully saturated rings. The largest absolute Gasteiger partial charge is 0.486 e. The summed E-state index contributed by atoms with van der Waals surface area (Å²) in [6.07, 6.45) is 5.72. The second kappa shape index (κ2) is 6.50. The van der Waals surface area contributed by atoms with Gasteiger partial charge in [-0.15, -0.1) is 0 Å². The first-order valence-corrected chi connectivity index (χ1v) is 8.75. The van der Waals surface area contributed by atoms with E-state index in [-0.39, 0.29) is 11.5 Å². The predicted octanol–water partition coefficient (Wildman–Crippen LogP) is 3.99. The maximum atomic E-state index is 12.6. The zero-order valence-electron chi connectivity index (χ0n) is 15.5. The third-order valence-corrected chi connectivity index (χ3v) is 4.29. The molecule has 1 aliphatic rings. The Labute approximate surface area is 148 Å². The molecule has 6 nitrogen and oxygen atoms in total. The molecule has 1 amide bonds. The van der Waals surface area contributed by atoms with Crippen molar-refractivity contribution in [2.24, 2.45) is 5.92 Å². The molecule has 1 saturated carbocycles. The van der Waals surface area contributed by atoms with E-state index in [1.54, 1.807) is 18.5 Å². The highest BCUT2D eigenvalue weighted by Gasteiger charge is 2.31. The SMILES string of the molecule is Cc1cc(C(=O)Nc2cnccc2OC(C)(C)C)nn1C(C)C1CC1. The van der Waals surface area contributed by atoms with Crippen molar-refractivity contribution < 1.29 is 9.53 Å². The van der Waals surface area contributed by atoms with Crippen LogP contribution in [-0.4, -0.2) is 26.3 Å². The molecule has 2 aromatic rings. The number of ether oxygens (including phenoxy) is 1. The van der Waals surface area contributed by atoms with Gasteiger partial charge >= 0.3 is 0 Å². The van der Waals surface area contributed by atoms with Gasteiger partial charge in [0.1, 0.15) is 17.0 Å². The van der Waals surface area contributed by atoms with Crippen molar-refractivity contribution in [2.75, 3.05) is 5.32 Å². The van der Waals surface area contributed by atoms with Crippen molar-refractivity contribution in [1.29, 1.82) is 0 Å². The van der Waals surface area contributed by atoms with E-state index in [0.29, 0.717) is 29.1 Å². The van der Waals surface area contributed by atoms with Crippen LogP contribution in [0.4, 0.5) is 5.69 Å². The molecule has 0 aliphatic heterocycles. The van der Waals surface area contributed by atoms with Crippen LogP contribution in [0.2, 0.25) is 0 Å². The first-order valence-electron chi connectivity index (χ1n) is 8.75. The molecule has 2 heterocycles. The van der Waals surface area contributed by atoms with Gasteiger partial charge < -0.3 is 10.1 Å². The molecule has 0 bridgehead atoms. The number of carbonyl (C=O) groups excluding carboxylic acids is 1. The van der Waals surface area contributed by atoms with Gasteiger partial charge in [0.15, 0.2) is 5.69 Å². The van der Waals surface area contributed by atoms with Gasteiger partial charge in [-0.1, -0.05) is 0 Å². The number of hydrogen-bond donors (Lipinski definition) is 1. The fourth-order valence-corrected chi connectivity index (χ4v) is 2.87. The van der Waals surface area contributed by atoms with Gasteiger partial charge in [0.2, 0.25) is 0 Å². The average molecular weight is 342 g/mol. The molecular weight excluding hydrogens is 316 g/mol. The molecule has 6 heteroatoms. The van der Waals surface area contributed by atoms with Gasteiger partial charge in [-0.3, -0.25) is 14.5 Å². The number of hydrogen-bond acceptors (Lipinski definition) is 4. The van der Waals surface area contributed by atoms with Crippen molar-refractivity contribution in [3.05, 3.63) is 35.9 Å². The summed E-state index contributed by atoms with van der Waals surface area (Å²) in [6, 6.07) is 3.91. The molecule has 0 radical (unpaired) electrons. The minimum Gasteiger partial charge on any atom is -0.486 e. The van der Waals surface area contributed by atoms with E-state index >= 15 is 0 Å². The molecule has 3 rings (SSSR count). The summed E-state index contributed by atoms with van der Waals surface area (Å²) >= 11 is 0. The highest BCUT2D eigenvalue weighted by atomic mass is 16.5. The van der Waals surface area contributed by atoms with E-state index in [1.165, 1.54) is 12.8 Å². The third-order valence-electron chi connectivity index (χ3n) is 4.29. The number of aryl methyl sites for hydroxylation is 1. The van der Waals surface area contributed by atoms with Crippen LogP contribution >= 0.6 is 0 Å². The van der Waals surface area contributed by atoms with Crippen molar-refractivity contribution in [3.8, 4) is 5.75 Å². The molecule has 0 saturated heterocycles. The van der Waals surface area contributed by atoms with E-state index in [2.05, 4.69) is 22.3 Å². The zero-order chi connectivity index (χ0) is 18.2. The Morgan fingerprint density at radius 1 is 1.40 bits per heavy atom.